The maximum atomic E-state index is 13.4. The third kappa shape index (κ3) is 4.44. The quantitative estimate of drug-likeness (QED) is 0.660. The van der Waals surface area contributed by atoms with Crippen LogP contribution in [0.5, 0.6) is 0 Å². The minimum atomic E-state index is -1.12. The van der Waals surface area contributed by atoms with Gasteiger partial charge >= 0.3 is 0 Å². The first-order valence-corrected chi connectivity index (χ1v) is 7.55. The Hall–Kier alpha value is -1.59. The van der Waals surface area contributed by atoms with Gasteiger partial charge in [0.05, 0.1) is 5.56 Å². The van der Waals surface area contributed by atoms with Gasteiger partial charge in [-0.3, -0.25) is 4.79 Å². The molecular weight excluding hydrogens is 316 g/mol. The van der Waals surface area contributed by atoms with Crippen molar-refractivity contribution in [3.05, 3.63) is 64.7 Å². The van der Waals surface area contributed by atoms with Crippen molar-refractivity contribution in [2.75, 3.05) is 12.3 Å². The molecule has 1 amide bonds. The smallest absolute Gasteiger partial charge is 0.254 e. The lowest BCUT2D eigenvalue weighted by Gasteiger charge is -2.06. The van der Waals surface area contributed by atoms with Crippen LogP contribution in [-0.2, 0) is 0 Å². The Bertz CT molecular complexity index is 634. The highest BCUT2D eigenvalue weighted by molar-refractivity contribution is 7.99. The molecule has 2 aromatic rings. The van der Waals surface area contributed by atoms with E-state index in [-0.39, 0.29) is 5.56 Å². The van der Waals surface area contributed by atoms with Crippen LogP contribution in [0.15, 0.2) is 47.4 Å². The van der Waals surface area contributed by atoms with Gasteiger partial charge in [0.25, 0.3) is 5.91 Å². The summed E-state index contributed by atoms with van der Waals surface area (Å²) >= 11 is 7.31. The summed E-state index contributed by atoms with van der Waals surface area (Å²) in [5.74, 6) is -2.16. The van der Waals surface area contributed by atoms with Gasteiger partial charge in [0, 0.05) is 22.2 Å². The number of hydrogen-bond donors (Lipinski definition) is 1. The fourth-order valence-corrected chi connectivity index (χ4v) is 2.53. The Labute approximate surface area is 130 Å². The summed E-state index contributed by atoms with van der Waals surface area (Å²) in [7, 11) is 0. The van der Waals surface area contributed by atoms with Gasteiger partial charge in [-0.05, 0) is 36.4 Å². The number of nitrogens with one attached hydrogen (secondary N) is 1. The van der Waals surface area contributed by atoms with E-state index >= 15 is 0 Å². The van der Waals surface area contributed by atoms with Crippen molar-refractivity contribution in [3.63, 3.8) is 0 Å². The minimum Gasteiger partial charge on any atom is -0.351 e. The molecule has 0 aliphatic heterocycles. The Morgan fingerprint density at radius 3 is 2.57 bits per heavy atom. The molecule has 0 aliphatic rings. The van der Waals surface area contributed by atoms with E-state index in [0.29, 0.717) is 17.3 Å². The summed E-state index contributed by atoms with van der Waals surface area (Å²) in [5, 5.41) is 3.22. The summed E-state index contributed by atoms with van der Waals surface area (Å²) in [6.07, 6.45) is 0. The van der Waals surface area contributed by atoms with Crippen molar-refractivity contribution in [2.24, 2.45) is 0 Å². The van der Waals surface area contributed by atoms with Crippen LogP contribution in [0, 0.1) is 11.6 Å². The van der Waals surface area contributed by atoms with Crippen molar-refractivity contribution in [2.45, 2.75) is 4.90 Å². The predicted octanol–water partition coefficient (Wildman–Crippen LogP) is 4.14. The highest BCUT2D eigenvalue weighted by atomic mass is 35.5. The zero-order valence-corrected chi connectivity index (χ0v) is 12.5. The molecule has 0 unspecified atom stereocenters. The largest absolute Gasteiger partial charge is 0.351 e. The van der Waals surface area contributed by atoms with Gasteiger partial charge in [-0.1, -0.05) is 17.7 Å². The van der Waals surface area contributed by atoms with Crippen LogP contribution in [0.4, 0.5) is 8.78 Å². The lowest BCUT2D eigenvalue weighted by atomic mass is 10.2. The summed E-state index contributed by atoms with van der Waals surface area (Å²) in [6, 6.07) is 10.8. The van der Waals surface area contributed by atoms with E-state index in [1.807, 2.05) is 12.1 Å². The molecule has 0 saturated carbocycles. The Morgan fingerprint density at radius 1 is 1.14 bits per heavy atom. The average molecular weight is 328 g/mol. The highest BCUT2D eigenvalue weighted by Crippen LogP contribution is 2.19. The number of benzene rings is 2. The molecule has 0 aliphatic carbocycles. The third-order valence-corrected chi connectivity index (χ3v) is 3.93. The van der Waals surface area contributed by atoms with Gasteiger partial charge in [0.2, 0.25) is 0 Å². The summed E-state index contributed by atoms with van der Waals surface area (Å²) in [6.45, 7) is 0.349. The van der Waals surface area contributed by atoms with Crippen molar-refractivity contribution >= 4 is 29.3 Å². The number of carbonyl (C=O) groups is 1. The lowest BCUT2D eigenvalue weighted by Crippen LogP contribution is -2.26. The first-order valence-electron chi connectivity index (χ1n) is 6.18. The molecule has 21 heavy (non-hydrogen) atoms. The van der Waals surface area contributed by atoms with Crippen molar-refractivity contribution in [1.29, 1.82) is 0 Å². The maximum absolute atomic E-state index is 13.4. The summed E-state index contributed by atoms with van der Waals surface area (Å²) in [4.78, 5) is 12.7. The SMILES string of the molecule is O=C(NCCSc1ccc(Cl)cc1)c1cccc(F)c1F. The van der Waals surface area contributed by atoms with Crippen LogP contribution in [0.2, 0.25) is 5.02 Å². The van der Waals surface area contributed by atoms with Gasteiger partial charge in [0.1, 0.15) is 0 Å². The van der Waals surface area contributed by atoms with Gasteiger partial charge in [0.15, 0.2) is 11.6 Å². The minimum absolute atomic E-state index is 0.286. The molecule has 0 aromatic heterocycles. The van der Waals surface area contributed by atoms with Crippen LogP contribution in [0.1, 0.15) is 10.4 Å². The highest BCUT2D eigenvalue weighted by Gasteiger charge is 2.14. The molecule has 0 radical (unpaired) electrons. The summed E-state index contributed by atoms with van der Waals surface area (Å²) in [5.41, 5.74) is -0.286. The van der Waals surface area contributed by atoms with Crippen LogP contribution in [0.25, 0.3) is 0 Å². The molecule has 6 heteroatoms. The Balaban J connectivity index is 1.82. The Morgan fingerprint density at radius 2 is 1.86 bits per heavy atom. The van der Waals surface area contributed by atoms with E-state index in [1.54, 1.807) is 12.1 Å². The monoisotopic (exact) mass is 327 g/mol. The van der Waals surface area contributed by atoms with Gasteiger partial charge in [-0.15, -0.1) is 11.8 Å². The molecule has 2 aromatic carbocycles. The number of halogens is 3. The number of rotatable bonds is 5. The van der Waals surface area contributed by atoms with Crippen LogP contribution in [-0.4, -0.2) is 18.2 Å². The molecular formula is C15H12ClF2NOS. The predicted molar refractivity (Wildman–Crippen MR) is 80.9 cm³/mol. The van der Waals surface area contributed by atoms with Crippen molar-refractivity contribution < 1.29 is 13.6 Å². The van der Waals surface area contributed by atoms with E-state index in [2.05, 4.69) is 5.32 Å². The van der Waals surface area contributed by atoms with Gasteiger partial charge in [-0.25, -0.2) is 8.78 Å². The third-order valence-electron chi connectivity index (χ3n) is 2.67. The van der Waals surface area contributed by atoms with Crippen LogP contribution < -0.4 is 5.32 Å². The summed E-state index contributed by atoms with van der Waals surface area (Å²) < 4.78 is 26.4. The van der Waals surface area contributed by atoms with E-state index in [1.165, 1.54) is 23.9 Å². The number of thioether (sulfide) groups is 1. The first-order chi connectivity index (χ1) is 10.1. The average Bonchev–Trinajstić information content (AvgIpc) is 2.48. The van der Waals surface area contributed by atoms with E-state index in [0.717, 1.165) is 11.0 Å². The van der Waals surface area contributed by atoms with Crippen LogP contribution >= 0.6 is 23.4 Å². The molecule has 0 spiro atoms. The van der Waals surface area contributed by atoms with Gasteiger partial charge in [-0.2, -0.15) is 0 Å². The second-order valence-corrected chi connectivity index (χ2v) is 5.76. The topological polar surface area (TPSA) is 29.1 Å². The molecule has 2 rings (SSSR count). The number of hydrogen-bond acceptors (Lipinski definition) is 2. The van der Waals surface area contributed by atoms with E-state index < -0.39 is 17.5 Å². The molecule has 1 N–H and O–H groups in total. The molecule has 0 fully saturated rings. The maximum Gasteiger partial charge on any atom is 0.254 e. The fraction of sp³-hybridized carbons (Fsp3) is 0.133. The lowest BCUT2D eigenvalue weighted by molar-refractivity contribution is 0.0951. The number of carbonyl (C=O) groups excluding carboxylic acids is 1. The second-order valence-electron chi connectivity index (χ2n) is 4.16. The molecule has 0 heterocycles. The van der Waals surface area contributed by atoms with E-state index in [4.69, 9.17) is 11.6 Å². The molecule has 0 saturated heterocycles. The number of amides is 1. The van der Waals surface area contributed by atoms with Crippen molar-refractivity contribution in [1.82, 2.24) is 5.32 Å². The van der Waals surface area contributed by atoms with Crippen molar-refractivity contribution in [3.8, 4) is 0 Å². The molecule has 110 valence electrons. The Kier molecular flexibility index (Phi) is 5.59. The van der Waals surface area contributed by atoms with Gasteiger partial charge < -0.3 is 5.32 Å². The standard InChI is InChI=1S/C15H12ClF2NOS/c16-10-4-6-11(7-5-10)21-9-8-19-15(20)12-2-1-3-13(17)14(12)18/h1-7H,8-9H2,(H,19,20). The molecule has 2 nitrogen and oxygen atoms in total. The zero-order chi connectivity index (χ0) is 15.2. The second kappa shape index (κ2) is 7.43. The van der Waals surface area contributed by atoms with Crippen LogP contribution in [0.3, 0.4) is 0 Å². The molecule has 0 bridgehead atoms. The first kappa shape index (κ1) is 15.8. The zero-order valence-electron chi connectivity index (χ0n) is 10.9. The normalized spacial score (nSPS) is 10.4. The van der Waals surface area contributed by atoms with E-state index in [9.17, 15) is 13.6 Å². The fourth-order valence-electron chi connectivity index (χ4n) is 1.64. The molecule has 0 atom stereocenters.